The summed E-state index contributed by atoms with van der Waals surface area (Å²) in [7, 11) is 3.09. The smallest absolute Gasteiger partial charge is 0.257 e. The summed E-state index contributed by atoms with van der Waals surface area (Å²) in [5, 5.41) is 2.52. The molecule has 4 rings (SSSR count). The van der Waals surface area contributed by atoms with E-state index >= 15 is 0 Å². The third kappa shape index (κ3) is 4.13. The first-order valence-electron chi connectivity index (χ1n) is 10.5. The number of methoxy groups -OCH3 is 1. The van der Waals surface area contributed by atoms with E-state index in [0.29, 0.717) is 23.1 Å². The Kier molecular flexibility index (Phi) is 5.93. The fourth-order valence-electron chi connectivity index (χ4n) is 4.22. The van der Waals surface area contributed by atoms with E-state index in [-0.39, 0.29) is 24.5 Å². The van der Waals surface area contributed by atoms with Crippen LogP contribution in [-0.2, 0) is 11.2 Å². The van der Waals surface area contributed by atoms with Gasteiger partial charge in [0.25, 0.3) is 11.8 Å². The third-order valence-electron chi connectivity index (χ3n) is 5.90. The van der Waals surface area contributed by atoms with Gasteiger partial charge in [-0.3, -0.25) is 9.59 Å². The van der Waals surface area contributed by atoms with Gasteiger partial charge in [0.15, 0.2) is 18.1 Å². The van der Waals surface area contributed by atoms with Gasteiger partial charge in [-0.1, -0.05) is 24.3 Å². The van der Waals surface area contributed by atoms with E-state index in [0.717, 1.165) is 32.1 Å². The van der Waals surface area contributed by atoms with Crippen molar-refractivity contribution in [3.05, 3.63) is 59.2 Å². The lowest BCUT2D eigenvalue weighted by Gasteiger charge is -2.36. The first-order valence-corrected chi connectivity index (χ1v) is 10.5. The van der Waals surface area contributed by atoms with E-state index in [1.165, 1.54) is 18.2 Å². The molecule has 1 fully saturated rings. The maximum atomic E-state index is 13.6. The number of likely N-dealkylation sites (N-methyl/N-ethyl adjacent to an activating group) is 1. The van der Waals surface area contributed by atoms with Crippen LogP contribution in [-0.4, -0.2) is 43.5 Å². The van der Waals surface area contributed by atoms with Crippen molar-refractivity contribution in [1.29, 1.82) is 0 Å². The largest absolute Gasteiger partial charge is 0.493 e. The standard InChI is InChI=1S/C24H28N2O4/c1-25-23(27)15-30-21-13-10-17(14-22(21)29-2)24(28)26(18-11-12-18)20-9-5-7-16-6-3-4-8-19(16)20/h3-4,6,8,10,13-14,18,20H,5,7,9,11-12,15H2,1-2H3,(H,25,27). The van der Waals surface area contributed by atoms with E-state index in [9.17, 15) is 9.59 Å². The van der Waals surface area contributed by atoms with E-state index in [2.05, 4.69) is 34.5 Å². The Morgan fingerprint density at radius 1 is 1.10 bits per heavy atom. The maximum Gasteiger partial charge on any atom is 0.257 e. The lowest BCUT2D eigenvalue weighted by Crippen LogP contribution is -2.38. The lowest BCUT2D eigenvalue weighted by molar-refractivity contribution is -0.122. The van der Waals surface area contributed by atoms with E-state index in [1.807, 2.05) is 0 Å². The zero-order chi connectivity index (χ0) is 21.1. The zero-order valence-electron chi connectivity index (χ0n) is 17.5. The van der Waals surface area contributed by atoms with Crippen LogP contribution in [0.4, 0.5) is 0 Å². The highest BCUT2D eigenvalue weighted by atomic mass is 16.5. The van der Waals surface area contributed by atoms with Crippen LogP contribution in [0.3, 0.4) is 0 Å². The van der Waals surface area contributed by atoms with Gasteiger partial charge < -0.3 is 19.7 Å². The molecule has 2 aromatic rings. The second-order valence-electron chi connectivity index (χ2n) is 7.88. The molecular formula is C24H28N2O4. The number of aryl methyl sites for hydroxylation is 1. The van der Waals surface area contributed by atoms with Crippen LogP contribution < -0.4 is 14.8 Å². The minimum atomic E-state index is -0.229. The van der Waals surface area contributed by atoms with Crippen molar-refractivity contribution in [3.63, 3.8) is 0 Å². The molecule has 0 radical (unpaired) electrons. The van der Waals surface area contributed by atoms with E-state index in [4.69, 9.17) is 9.47 Å². The second-order valence-corrected chi connectivity index (χ2v) is 7.88. The molecule has 1 saturated carbocycles. The molecule has 0 aliphatic heterocycles. The van der Waals surface area contributed by atoms with Crippen LogP contribution in [0.2, 0.25) is 0 Å². The molecule has 6 nitrogen and oxygen atoms in total. The Balaban J connectivity index is 1.60. The van der Waals surface area contributed by atoms with Gasteiger partial charge in [-0.15, -0.1) is 0 Å². The summed E-state index contributed by atoms with van der Waals surface area (Å²) in [5.41, 5.74) is 3.21. The molecule has 0 saturated heterocycles. The molecule has 30 heavy (non-hydrogen) atoms. The molecule has 0 aromatic heterocycles. The number of carbonyl (C=O) groups is 2. The van der Waals surface area contributed by atoms with Gasteiger partial charge in [-0.05, 0) is 61.4 Å². The van der Waals surface area contributed by atoms with Crippen molar-refractivity contribution >= 4 is 11.8 Å². The average molecular weight is 408 g/mol. The third-order valence-corrected chi connectivity index (χ3v) is 5.90. The minimum absolute atomic E-state index is 0.0235. The highest BCUT2D eigenvalue weighted by Gasteiger charge is 2.40. The number of benzene rings is 2. The molecule has 1 atom stereocenters. The van der Waals surface area contributed by atoms with Gasteiger partial charge in [0, 0.05) is 18.7 Å². The van der Waals surface area contributed by atoms with Gasteiger partial charge in [0.1, 0.15) is 0 Å². The van der Waals surface area contributed by atoms with Crippen LogP contribution in [0.15, 0.2) is 42.5 Å². The molecule has 1 N–H and O–H groups in total. The molecule has 2 aliphatic carbocycles. The predicted octanol–water partition coefficient (Wildman–Crippen LogP) is 3.50. The number of ether oxygens (including phenoxy) is 2. The number of rotatable bonds is 7. The van der Waals surface area contributed by atoms with Crippen molar-refractivity contribution in [2.75, 3.05) is 20.8 Å². The van der Waals surface area contributed by atoms with Crippen molar-refractivity contribution in [2.45, 2.75) is 44.2 Å². The number of carbonyl (C=O) groups excluding carboxylic acids is 2. The topological polar surface area (TPSA) is 67.9 Å². The van der Waals surface area contributed by atoms with Crippen LogP contribution in [0.5, 0.6) is 11.5 Å². The first-order chi connectivity index (χ1) is 14.6. The van der Waals surface area contributed by atoms with Crippen molar-refractivity contribution < 1.29 is 19.1 Å². The number of amides is 2. The molecule has 2 aromatic carbocycles. The number of fused-ring (bicyclic) bond motifs is 1. The van der Waals surface area contributed by atoms with Crippen molar-refractivity contribution in [1.82, 2.24) is 10.2 Å². The highest BCUT2D eigenvalue weighted by molar-refractivity contribution is 5.95. The summed E-state index contributed by atoms with van der Waals surface area (Å²) in [6.45, 7) is -0.104. The van der Waals surface area contributed by atoms with Gasteiger partial charge in [0.05, 0.1) is 13.2 Å². The van der Waals surface area contributed by atoms with E-state index < -0.39 is 0 Å². The predicted molar refractivity (Wildman–Crippen MR) is 114 cm³/mol. The SMILES string of the molecule is CNC(=O)COc1ccc(C(=O)N(C2CC2)C2CCCc3ccccc32)cc1OC. The second kappa shape index (κ2) is 8.78. The van der Waals surface area contributed by atoms with Gasteiger partial charge >= 0.3 is 0 Å². The summed E-state index contributed by atoms with van der Waals surface area (Å²) in [6, 6.07) is 14.1. The van der Waals surface area contributed by atoms with Gasteiger partial charge in [-0.25, -0.2) is 0 Å². The average Bonchev–Trinajstić information content (AvgIpc) is 3.62. The Labute approximate surface area is 177 Å². The number of nitrogens with one attached hydrogen (secondary N) is 1. The molecular weight excluding hydrogens is 380 g/mol. The summed E-state index contributed by atoms with van der Waals surface area (Å²) < 4.78 is 11.0. The quantitative estimate of drug-likeness (QED) is 0.761. The molecule has 1 unspecified atom stereocenters. The van der Waals surface area contributed by atoms with E-state index in [1.54, 1.807) is 25.2 Å². The van der Waals surface area contributed by atoms with Crippen LogP contribution >= 0.6 is 0 Å². The van der Waals surface area contributed by atoms with Gasteiger partial charge in [0.2, 0.25) is 0 Å². The molecule has 6 heteroatoms. The summed E-state index contributed by atoms with van der Waals surface area (Å²) in [5.74, 6) is 0.687. The Morgan fingerprint density at radius 2 is 1.90 bits per heavy atom. The summed E-state index contributed by atoms with van der Waals surface area (Å²) >= 11 is 0. The summed E-state index contributed by atoms with van der Waals surface area (Å²) in [6.07, 6.45) is 5.26. The number of hydrogen-bond acceptors (Lipinski definition) is 4. The Bertz CT molecular complexity index is 939. The Morgan fingerprint density at radius 3 is 2.63 bits per heavy atom. The number of hydrogen-bond donors (Lipinski definition) is 1. The normalized spacial score (nSPS) is 17.6. The zero-order valence-corrected chi connectivity index (χ0v) is 17.5. The maximum absolute atomic E-state index is 13.6. The molecule has 2 aliphatic rings. The first kappa shape index (κ1) is 20.3. The number of nitrogens with zero attached hydrogens (tertiary/aromatic N) is 1. The molecule has 0 spiro atoms. The molecule has 0 bridgehead atoms. The lowest BCUT2D eigenvalue weighted by atomic mass is 9.86. The molecule has 2 amide bonds. The fourth-order valence-corrected chi connectivity index (χ4v) is 4.22. The molecule has 158 valence electrons. The Hall–Kier alpha value is -3.02. The van der Waals surface area contributed by atoms with Crippen molar-refractivity contribution in [3.8, 4) is 11.5 Å². The minimum Gasteiger partial charge on any atom is -0.493 e. The highest BCUT2D eigenvalue weighted by Crippen LogP contribution is 2.42. The van der Waals surface area contributed by atoms with Gasteiger partial charge in [-0.2, -0.15) is 0 Å². The van der Waals surface area contributed by atoms with Crippen LogP contribution in [0.1, 0.15) is 53.2 Å². The van der Waals surface area contributed by atoms with Crippen LogP contribution in [0, 0.1) is 0 Å². The van der Waals surface area contributed by atoms with Crippen molar-refractivity contribution in [2.24, 2.45) is 0 Å². The fraction of sp³-hybridized carbons (Fsp3) is 0.417. The monoisotopic (exact) mass is 408 g/mol. The molecule has 0 heterocycles. The van der Waals surface area contributed by atoms with Crippen LogP contribution in [0.25, 0.3) is 0 Å². The summed E-state index contributed by atoms with van der Waals surface area (Å²) in [4.78, 5) is 27.1.